The summed E-state index contributed by atoms with van der Waals surface area (Å²) in [4.78, 5) is 3.38. The summed E-state index contributed by atoms with van der Waals surface area (Å²) in [6.45, 7) is 0. The first kappa shape index (κ1) is 11.0. The lowest BCUT2D eigenvalue weighted by Crippen LogP contribution is -2.11. The van der Waals surface area contributed by atoms with Crippen molar-refractivity contribution in [1.29, 1.82) is 0 Å². The summed E-state index contributed by atoms with van der Waals surface area (Å²) < 4.78 is 37.1. The predicted octanol–water partition coefficient (Wildman–Crippen LogP) is 3.76. The Morgan fingerprint density at radius 1 is 1.31 bits per heavy atom. The fourth-order valence-electron chi connectivity index (χ4n) is 0.817. The van der Waals surface area contributed by atoms with E-state index in [1.165, 1.54) is 12.1 Å². The Morgan fingerprint density at radius 2 is 1.92 bits per heavy atom. The second kappa shape index (κ2) is 3.96. The molecule has 0 atom stereocenters. The molecule has 1 nitrogen and oxygen atoms in total. The van der Waals surface area contributed by atoms with E-state index in [-0.39, 0.29) is 15.5 Å². The molecule has 0 radical (unpaired) electrons. The van der Waals surface area contributed by atoms with Crippen molar-refractivity contribution in [3.63, 3.8) is 0 Å². The minimum absolute atomic E-state index is 0.135. The van der Waals surface area contributed by atoms with Crippen LogP contribution < -0.4 is 0 Å². The van der Waals surface area contributed by atoms with E-state index in [1.807, 2.05) is 0 Å². The Bertz CT molecular complexity index is 311. The normalized spacial score (nSPS) is 11.8. The minimum atomic E-state index is -4.40. The number of alkyl halides is 4. The van der Waals surface area contributed by atoms with Gasteiger partial charge in [0.2, 0.25) is 0 Å². The number of aromatic nitrogens is 1. The van der Waals surface area contributed by atoms with Crippen LogP contribution >= 0.6 is 31.9 Å². The Hall–Kier alpha value is -0.100. The van der Waals surface area contributed by atoms with Crippen LogP contribution in [0, 0.1) is 0 Å². The zero-order valence-corrected chi connectivity index (χ0v) is 9.37. The van der Waals surface area contributed by atoms with Crippen LogP contribution in [0.4, 0.5) is 13.2 Å². The third-order valence-corrected chi connectivity index (χ3v) is 2.40. The fraction of sp³-hybridized carbons (Fsp3) is 0.286. The van der Waals surface area contributed by atoms with Gasteiger partial charge in [0.25, 0.3) is 0 Å². The highest BCUT2D eigenvalue weighted by Gasteiger charge is 2.35. The standard InChI is InChI=1S/C7H4Br2F3N/c8-3-4-1-2-5(9)13-6(4)7(10,11)12/h1-2H,3H2. The minimum Gasteiger partial charge on any atom is -0.236 e. The lowest BCUT2D eigenvalue weighted by Gasteiger charge is -2.09. The first-order chi connectivity index (χ1) is 5.95. The summed E-state index contributed by atoms with van der Waals surface area (Å²) in [5.74, 6) is 0. The van der Waals surface area contributed by atoms with Crippen molar-refractivity contribution < 1.29 is 13.2 Å². The van der Waals surface area contributed by atoms with Crippen LogP contribution in [0.2, 0.25) is 0 Å². The average Bonchev–Trinajstić information content (AvgIpc) is 2.03. The van der Waals surface area contributed by atoms with E-state index in [9.17, 15) is 13.2 Å². The largest absolute Gasteiger partial charge is 0.433 e. The average molecular weight is 319 g/mol. The summed E-state index contributed by atoms with van der Waals surface area (Å²) in [5.41, 5.74) is -0.713. The molecule has 0 saturated carbocycles. The first-order valence-electron chi connectivity index (χ1n) is 3.23. The number of hydrogen-bond acceptors (Lipinski definition) is 1. The summed E-state index contributed by atoms with van der Waals surface area (Å²) >= 11 is 5.86. The van der Waals surface area contributed by atoms with Gasteiger partial charge in [-0.05, 0) is 27.6 Å². The molecule has 1 heterocycles. The Labute approximate surface area is 89.6 Å². The van der Waals surface area contributed by atoms with Crippen LogP contribution in [0.1, 0.15) is 11.3 Å². The van der Waals surface area contributed by atoms with Crippen molar-refractivity contribution in [3.8, 4) is 0 Å². The lowest BCUT2D eigenvalue weighted by molar-refractivity contribution is -0.141. The third-order valence-electron chi connectivity index (χ3n) is 1.36. The van der Waals surface area contributed by atoms with Crippen molar-refractivity contribution in [3.05, 3.63) is 28.0 Å². The molecule has 0 unspecified atom stereocenters. The molecule has 6 heteroatoms. The van der Waals surface area contributed by atoms with Crippen LogP contribution in [0.5, 0.6) is 0 Å². The van der Waals surface area contributed by atoms with Gasteiger partial charge in [0, 0.05) is 5.33 Å². The molecular formula is C7H4Br2F3N. The van der Waals surface area contributed by atoms with Crippen LogP contribution in [0.3, 0.4) is 0 Å². The van der Waals surface area contributed by atoms with Crippen molar-refractivity contribution >= 4 is 31.9 Å². The van der Waals surface area contributed by atoms with Gasteiger partial charge < -0.3 is 0 Å². The van der Waals surface area contributed by atoms with E-state index in [2.05, 4.69) is 36.8 Å². The highest BCUT2D eigenvalue weighted by molar-refractivity contribution is 9.10. The molecule has 1 rings (SSSR count). The molecular weight excluding hydrogens is 315 g/mol. The molecule has 0 N–H and O–H groups in total. The maximum atomic E-state index is 12.3. The Kier molecular flexibility index (Phi) is 3.34. The smallest absolute Gasteiger partial charge is 0.236 e. The molecule has 1 aromatic rings. The number of rotatable bonds is 1. The van der Waals surface area contributed by atoms with Crippen LogP contribution in [0.25, 0.3) is 0 Å². The molecule has 0 aliphatic heterocycles. The summed E-state index contributed by atoms with van der Waals surface area (Å²) in [7, 11) is 0. The van der Waals surface area contributed by atoms with Gasteiger partial charge in [-0.25, -0.2) is 4.98 Å². The number of halogens is 5. The second-order valence-corrected chi connectivity index (χ2v) is 3.65. The van der Waals surface area contributed by atoms with Gasteiger partial charge in [0.05, 0.1) is 0 Å². The summed E-state index contributed by atoms with van der Waals surface area (Å²) in [6.07, 6.45) is -4.40. The van der Waals surface area contributed by atoms with Crippen LogP contribution in [0.15, 0.2) is 16.7 Å². The molecule has 0 aromatic carbocycles. The van der Waals surface area contributed by atoms with Crippen molar-refractivity contribution in [2.75, 3.05) is 0 Å². The molecule has 0 amide bonds. The Morgan fingerprint density at radius 3 is 2.38 bits per heavy atom. The molecule has 0 saturated heterocycles. The van der Waals surface area contributed by atoms with Crippen LogP contribution in [-0.4, -0.2) is 4.98 Å². The van der Waals surface area contributed by atoms with Gasteiger partial charge in [0.15, 0.2) is 0 Å². The number of nitrogens with zero attached hydrogens (tertiary/aromatic N) is 1. The van der Waals surface area contributed by atoms with Crippen molar-refractivity contribution in [2.45, 2.75) is 11.5 Å². The molecule has 0 aliphatic carbocycles. The molecule has 0 bridgehead atoms. The fourth-order valence-corrected chi connectivity index (χ4v) is 1.58. The van der Waals surface area contributed by atoms with Crippen LogP contribution in [-0.2, 0) is 11.5 Å². The molecule has 0 aliphatic rings. The van der Waals surface area contributed by atoms with E-state index in [0.717, 1.165) is 0 Å². The highest BCUT2D eigenvalue weighted by atomic mass is 79.9. The summed E-state index contributed by atoms with van der Waals surface area (Å²) in [5, 5.41) is 0.141. The van der Waals surface area contributed by atoms with E-state index in [0.29, 0.717) is 0 Å². The van der Waals surface area contributed by atoms with E-state index in [4.69, 9.17) is 0 Å². The predicted molar refractivity (Wildman–Crippen MR) is 49.6 cm³/mol. The summed E-state index contributed by atoms with van der Waals surface area (Å²) in [6, 6.07) is 2.86. The van der Waals surface area contributed by atoms with E-state index in [1.54, 1.807) is 0 Å². The van der Waals surface area contributed by atoms with Gasteiger partial charge in [-0.2, -0.15) is 13.2 Å². The van der Waals surface area contributed by atoms with Gasteiger partial charge in [-0.1, -0.05) is 22.0 Å². The zero-order chi connectivity index (χ0) is 10.1. The maximum absolute atomic E-state index is 12.3. The highest BCUT2D eigenvalue weighted by Crippen LogP contribution is 2.32. The maximum Gasteiger partial charge on any atom is 0.433 e. The van der Waals surface area contributed by atoms with Gasteiger partial charge in [-0.15, -0.1) is 0 Å². The van der Waals surface area contributed by atoms with E-state index >= 15 is 0 Å². The zero-order valence-electron chi connectivity index (χ0n) is 6.20. The van der Waals surface area contributed by atoms with Crippen molar-refractivity contribution in [2.24, 2.45) is 0 Å². The second-order valence-electron chi connectivity index (χ2n) is 2.27. The first-order valence-corrected chi connectivity index (χ1v) is 5.15. The number of pyridine rings is 1. The number of hydrogen-bond donors (Lipinski definition) is 0. The van der Waals surface area contributed by atoms with Gasteiger partial charge in [0.1, 0.15) is 10.3 Å². The Balaban J connectivity index is 3.24. The molecule has 1 aromatic heterocycles. The monoisotopic (exact) mass is 317 g/mol. The SMILES string of the molecule is FC(F)(F)c1nc(Br)ccc1CBr. The van der Waals surface area contributed by atoms with Gasteiger partial charge in [-0.3, -0.25) is 0 Å². The van der Waals surface area contributed by atoms with E-state index < -0.39 is 11.9 Å². The molecule has 72 valence electrons. The quantitative estimate of drug-likeness (QED) is 0.567. The topological polar surface area (TPSA) is 12.9 Å². The van der Waals surface area contributed by atoms with Gasteiger partial charge >= 0.3 is 6.18 Å². The van der Waals surface area contributed by atoms with Crippen molar-refractivity contribution in [1.82, 2.24) is 4.98 Å². The molecule has 13 heavy (non-hydrogen) atoms. The third kappa shape index (κ3) is 2.67. The lowest BCUT2D eigenvalue weighted by atomic mass is 10.2. The molecule has 0 fully saturated rings. The molecule has 0 spiro atoms.